The number of H-pyrrole nitrogens is 1. The Balaban J connectivity index is 2.21. The number of nitrogens with one attached hydrogen (secondary N) is 1. The zero-order valence-electron chi connectivity index (χ0n) is 8.61. The fourth-order valence-electron chi connectivity index (χ4n) is 1.70. The topological polar surface area (TPSA) is 46.5 Å². The highest BCUT2D eigenvalue weighted by Gasteiger charge is 2.06. The molecule has 0 unspecified atom stereocenters. The molecule has 0 spiro atoms. The monoisotopic (exact) mass is 276 g/mol. The van der Waals surface area contributed by atoms with Crippen molar-refractivity contribution in [3.8, 4) is 11.1 Å². The number of aromatic amines is 1. The van der Waals surface area contributed by atoms with Crippen molar-refractivity contribution in [1.82, 2.24) is 19.7 Å². The molecule has 0 amide bonds. The van der Waals surface area contributed by atoms with Crippen molar-refractivity contribution in [1.29, 1.82) is 0 Å². The van der Waals surface area contributed by atoms with Crippen LogP contribution in [0.2, 0.25) is 0 Å². The van der Waals surface area contributed by atoms with Crippen LogP contribution < -0.4 is 0 Å². The largest absolute Gasteiger partial charge is 0.345 e. The van der Waals surface area contributed by atoms with Gasteiger partial charge in [-0.1, -0.05) is 0 Å². The first-order valence-corrected chi connectivity index (χ1v) is 5.65. The second kappa shape index (κ2) is 3.45. The number of hydrogen-bond donors (Lipinski definition) is 1. The van der Waals surface area contributed by atoms with E-state index in [4.69, 9.17) is 0 Å². The molecule has 1 N–H and O–H groups in total. The maximum absolute atomic E-state index is 4.37. The van der Waals surface area contributed by atoms with Crippen molar-refractivity contribution >= 4 is 27.0 Å². The van der Waals surface area contributed by atoms with E-state index in [2.05, 4.69) is 37.1 Å². The van der Waals surface area contributed by atoms with Gasteiger partial charge >= 0.3 is 0 Å². The van der Waals surface area contributed by atoms with E-state index in [0.717, 1.165) is 26.6 Å². The van der Waals surface area contributed by atoms with Gasteiger partial charge < -0.3 is 4.98 Å². The summed E-state index contributed by atoms with van der Waals surface area (Å²) in [7, 11) is 1.90. The quantitative estimate of drug-likeness (QED) is 0.743. The Hall–Kier alpha value is -1.62. The van der Waals surface area contributed by atoms with Crippen LogP contribution in [0.3, 0.4) is 0 Å². The van der Waals surface area contributed by atoms with E-state index in [0.29, 0.717) is 0 Å². The summed E-state index contributed by atoms with van der Waals surface area (Å²) in [5.41, 5.74) is 3.03. The molecule has 5 heteroatoms. The highest BCUT2D eigenvalue weighted by Crippen LogP contribution is 2.26. The second-order valence-electron chi connectivity index (χ2n) is 3.66. The van der Waals surface area contributed by atoms with Crippen LogP contribution in [0.25, 0.3) is 22.2 Å². The fraction of sp³-hybridized carbons (Fsp3) is 0.0909. The van der Waals surface area contributed by atoms with Crippen molar-refractivity contribution in [3.05, 3.63) is 35.3 Å². The number of aromatic nitrogens is 4. The molecular formula is C11H9BrN4. The molecule has 0 aliphatic heterocycles. The minimum atomic E-state index is 0.888. The van der Waals surface area contributed by atoms with Gasteiger partial charge in [-0.3, -0.25) is 4.68 Å². The van der Waals surface area contributed by atoms with Gasteiger partial charge in [-0.25, -0.2) is 4.98 Å². The highest BCUT2D eigenvalue weighted by molar-refractivity contribution is 9.10. The Bertz CT molecular complexity index is 653. The van der Waals surface area contributed by atoms with E-state index in [-0.39, 0.29) is 0 Å². The van der Waals surface area contributed by atoms with Gasteiger partial charge in [-0.05, 0) is 22.0 Å². The molecule has 16 heavy (non-hydrogen) atoms. The summed E-state index contributed by atoms with van der Waals surface area (Å²) in [5, 5.41) is 5.24. The van der Waals surface area contributed by atoms with Gasteiger partial charge in [0, 0.05) is 46.6 Å². The lowest BCUT2D eigenvalue weighted by molar-refractivity contribution is 0.768. The molecule has 0 atom stereocenters. The molecule has 0 aliphatic carbocycles. The van der Waals surface area contributed by atoms with Crippen LogP contribution in [0.1, 0.15) is 0 Å². The summed E-state index contributed by atoms with van der Waals surface area (Å²) in [6.45, 7) is 0. The lowest BCUT2D eigenvalue weighted by Gasteiger charge is -1.97. The zero-order chi connectivity index (χ0) is 11.1. The summed E-state index contributed by atoms with van der Waals surface area (Å²) < 4.78 is 2.81. The number of pyridine rings is 1. The lowest BCUT2D eigenvalue weighted by Crippen LogP contribution is -1.84. The summed E-state index contributed by atoms with van der Waals surface area (Å²) in [6, 6.07) is 2.10. The molecule has 0 fully saturated rings. The molecule has 0 saturated heterocycles. The molecule has 0 saturated carbocycles. The molecule has 0 radical (unpaired) electrons. The summed E-state index contributed by atoms with van der Waals surface area (Å²) >= 11 is 3.49. The number of rotatable bonds is 1. The van der Waals surface area contributed by atoms with Crippen LogP contribution in [-0.4, -0.2) is 19.7 Å². The van der Waals surface area contributed by atoms with Crippen LogP contribution in [0.15, 0.2) is 35.3 Å². The van der Waals surface area contributed by atoms with Crippen LogP contribution in [-0.2, 0) is 7.05 Å². The number of hydrogen-bond acceptors (Lipinski definition) is 2. The molecule has 3 heterocycles. The van der Waals surface area contributed by atoms with Gasteiger partial charge in [0.1, 0.15) is 5.65 Å². The maximum Gasteiger partial charge on any atom is 0.138 e. The Morgan fingerprint density at radius 3 is 2.94 bits per heavy atom. The van der Waals surface area contributed by atoms with Crippen molar-refractivity contribution in [3.63, 3.8) is 0 Å². The van der Waals surface area contributed by atoms with Crippen molar-refractivity contribution in [2.45, 2.75) is 0 Å². The molecule has 3 rings (SSSR count). The summed E-state index contributed by atoms with van der Waals surface area (Å²) in [4.78, 5) is 7.46. The Morgan fingerprint density at radius 1 is 1.31 bits per heavy atom. The molecular weight excluding hydrogens is 268 g/mol. The average molecular weight is 277 g/mol. The van der Waals surface area contributed by atoms with Crippen LogP contribution >= 0.6 is 15.9 Å². The Morgan fingerprint density at radius 2 is 2.19 bits per heavy atom. The van der Waals surface area contributed by atoms with E-state index in [1.54, 1.807) is 4.68 Å². The number of halogens is 1. The molecule has 0 bridgehead atoms. The van der Waals surface area contributed by atoms with E-state index in [1.165, 1.54) is 0 Å². The molecule has 0 aliphatic rings. The van der Waals surface area contributed by atoms with Crippen LogP contribution in [0.5, 0.6) is 0 Å². The zero-order valence-corrected chi connectivity index (χ0v) is 10.2. The fourth-order valence-corrected chi connectivity index (χ4v) is 2.12. The van der Waals surface area contributed by atoms with Gasteiger partial charge in [0.25, 0.3) is 0 Å². The van der Waals surface area contributed by atoms with Gasteiger partial charge in [0.2, 0.25) is 0 Å². The minimum Gasteiger partial charge on any atom is -0.345 e. The normalized spacial score (nSPS) is 11.1. The summed E-state index contributed by atoms with van der Waals surface area (Å²) in [5.74, 6) is 0. The number of fused-ring (bicyclic) bond motifs is 1. The lowest BCUT2D eigenvalue weighted by atomic mass is 10.1. The third-order valence-electron chi connectivity index (χ3n) is 2.52. The second-order valence-corrected chi connectivity index (χ2v) is 4.51. The maximum atomic E-state index is 4.37. The van der Waals surface area contributed by atoms with Crippen molar-refractivity contribution in [2.24, 2.45) is 7.05 Å². The first kappa shape index (κ1) is 9.59. The minimum absolute atomic E-state index is 0.888. The first-order chi connectivity index (χ1) is 7.74. The Kier molecular flexibility index (Phi) is 2.07. The average Bonchev–Trinajstić information content (AvgIpc) is 2.86. The smallest absolute Gasteiger partial charge is 0.138 e. The molecule has 4 nitrogen and oxygen atoms in total. The van der Waals surface area contributed by atoms with E-state index in [1.807, 2.05) is 31.8 Å². The van der Waals surface area contributed by atoms with Gasteiger partial charge in [0.15, 0.2) is 0 Å². The highest BCUT2D eigenvalue weighted by atomic mass is 79.9. The van der Waals surface area contributed by atoms with Crippen molar-refractivity contribution < 1.29 is 0 Å². The van der Waals surface area contributed by atoms with Crippen LogP contribution in [0.4, 0.5) is 0 Å². The van der Waals surface area contributed by atoms with Crippen LogP contribution in [0, 0.1) is 0 Å². The van der Waals surface area contributed by atoms with E-state index >= 15 is 0 Å². The molecule has 3 aromatic rings. The van der Waals surface area contributed by atoms with Gasteiger partial charge in [0.05, 0.1) is 6.20 Å². The predicted octanol–water partition coefficient (Wildman–Crippen LogP) is 2.73. The number of nitrogens with zero attached hydrogens (tertiary/aromatic N) is 3. The van der Waals surface area contributed by atoms with E-state index in [9.17, 15) is 0 Å². The first-order valence-electron chi connectivity index (χ1n) is 4.86. The molecule has 0 aromatic carbocycles. The Labute approximate surface area is 100 Å². The summed E-state index contributed by atoms with van der Waals surface area (Å²) in [6.07, 6.45) is 7.56. The third-order valence-corrected chi connectivity index (χ3v) is 3.17. The SMILES string of the molecule is Cn1cc(-c2cnc3[nH]cc(Br)c3c2)cn1. The number of aryl methyl sites for hydroxylation is 1. The standard InChI is InChI=1S/C11H9BrN4/c1-16-6-8(4-15-16)7-2-9-10(12)5-14-11(9)13-3-7/h2-6H,1H3,(H,13,14). The third kappa shape index (κ3) is 1.44. The van der Waals surface area contributed by atoms with E-state index < -0.39 is 0 Å². The predicted molar refractivity (Wildman–Crippen MR) is 66.0 cm³/mol. The molecule has 3 aromatic heterocycles. The van der Waals surface area contributed by atoms with Gasteiger partial charge in [-0.2, -0.15) is 5.10 Å². The van der Waals surface area contributed by atoms with Gasteiger partial charge in [-0.15, -0.1) is 0 Å². The van der Waals surface area contributed by atoms with Crippen molar-refractivity contribution in [2.75, 3.05) is 0 Å². The molecule has 80 valence electrons.